The van der Waals surface area contributed by atoms with E-state index < -0.39 is 0 Å². The zero-order valence-electron chi connectivity index (χ0n) is 14.0. The van der Waals surface area contributed by atoms with Gasteiger partial charge in [-0.15, -0.1) is 0 Å². The summed E-state index contributed by atoms with van der Waals surface area (Å²) >= 11 is 0. The first-order valence-corrected chi connectivity index (χ1v) is 7.93. The Morgan fingerprint density at radius 3 is 2.48 bits per heavy atom. The summed E-state index contributed by atoms with van der Waals surface area (Å²) in [6, 6.07) is 17.4. The summed E-state index contributed by atoms with van der Waals surface area (Å²) < 4.78 is 7.57. The van der Waals surface area contributed by atoms with Crippen molar-refractivity contribution in [1.82, 2.24) is 19.7 Å². The number of anilines is 1. The van der Waals surface area contributed by atoms with Gasteiger partial charge in [0, 0.05) is 37.9 Å². The molecule has 2 aromatic carbocycles. The summed E-state index contributed by atoms with van der Waals surface area (Å²) in [5.74, 6) is 2.88. The van der Waals surface area contributed by atoms with Gasteiger partial charge in [-0.1, -0.05) is 18.2 Å². The van der Waals surface area contributed by atoms with Crippen LogP contribution < -0.4 is 9.64 Å². The highest BCUT2D eigenvalue weighted by Crippen LogP contribution is 2.29. The van der Waals surface area contributed by atoms with Gasteiger partial charge in [0.2, 0.25) is 0 Å². The third kappa shape index (κ3) is 3.01. The fraction of sp³-hybridized carbons (Fsp3) is 0.105. The molecular weight excluding hydrogens is 314 g/mol. The molecule has 0 bridgehead atoms. The normalized spacial score (nSPS) is 10.8. The number of benzene rings is 2. The van der Waals surface area contributed by atoms with Crippen LogP contribution in [0.25, 0.3) is 16.9 Å². The summed E-state index contributed by atoms with van der Waals surface area (Å²) in [5, 5.41) is 5.19. The number of ether oxygens (including phenoxy) is 1. The number of para-hydroxylation sites is 1. The van der Waals surface area contributed by atoms with Crippen LogP contribution in [0.4, 0.5) is 5.82 Å². The first-order valence-electron chi connectivity index (χ1n) is 7.93. The summed E-state index contributed by atoms with van der Waals surface area (Å²) in [6.45, 7) is 0. The minimum atomic E-state index is 0.526. The van der Waals surface area contributed by atoms with E-state index in [9.17, 15) is 0 Å². The Bertz CT molecular complexity index is 997. The maximum absolute atomic E-state index is 5.92. The molecule has 4 aromatic rings. The minimum absolute atomic E-state index is 0.526. The van der Waals surface area contributed by atoms with Gasteiger partial charge in [-0.25, -0.2) is 9.67 Å². The first-order chi connectivity index (χ1) is 12.2. The van der Waals surface area contributed by atoms with E-state index in [1.54, 1.807) is 10.9 Å². The Labute approximate surface area is 145 Å². The molecule has 4 rings (SSSR count). The van der Waals surface area contributed by atoms with Gasteiger partial charge in [-0.2, -0.15) is 10.1 Å². The van der Waals surface area contributed by atoms with Crippen molar-refractivity contribution in [3.8, 4) is 17.4 Å². The fourth-order valence-electron chi connectivity index (χ4n) is 2.60. The predicted octanol–water partition coefficient (Wildman–Crippen LogP) is 3.67. The van der Waals surface area contributed by atoms with Crippen LogP contribution in [0.1, 0.15) is 0 Å². The molecular formula is C19H17N5O. The third-order valence-electron chi connectivity index (χ3n) is 3.75. The lowest BCUT2D eigenvalue weighted by atomic mass is 10.2. The van der Waals surface area contributed by atoms with Gasteiger partial charge in [-0.3, -0.25) is 0 Å². The van der Waals surface area contributed by atoms with Crippen LogP contribution in [-0.2, 0) is 0 Å². The highest BCUT2D eigenvalue weighted by molar-refractivity contribution is 5.90. The number of nitrogens with zero attached hydrogens (tertiary/aromatic N) is 5. The van der Waals surface area contributed by atoms with E-state index in [1.165, 1.54) is 0 Å². The summed E-state index contributed by atoms with van der Waals surface area (Å²) in [6.07, 6.45) is 3.53. The zero-order valence-corrected chi connectivity index (χ0v) is 14.0. The van der Waals surface area contributed by atoms with Crippen molar-refractivity contribution in [1.29, 1.82) is 0 Å². The molecule has 6 nitrogen and oxygen atoms in total. The highest BCUT2D eigenvalue weighted by atomic mass is 16.5. The first kappa shape index (κ1) is 15.1. The number of hydrogen-bond donors (Lipinski definition) is 0. The van der Waals surface area contributed by atoms with Gasteiger partial charge in [0.15, 0.2) is 0 Å². The lowest BCUT2D eigenvalue weighted by Gasteiger charge is -2.16. The number of rotatable bonds is 4. The van der Waals surface area contributed by atoms with E-state index in [0.717, 1.165) is 28.2 Å². The van der Waals surface area contributed by atoms with Crippen LogP contribution in [0.15, 0.2) is 67.0 Å². The van der Waals surface area contributed by atoms with Crippen molar-refractivity contribution in [2.45, 2.75) is 0 Å². The lowest BCUT2D eigenvalue weighted by Crippen LogP contribution is -2.14. The number of hydrogen-bond acceptors (Lipinski definition) is 5. The molecule has 0 aliphatic carbocycles. The molecule has 0 amide bonds. The summed E-state index contributed by atoms with van der Waals surface area (Å²) in [7, 11) is 3.92. The Morgan fingerprint density at radius 2 is 1.76 bits per heavy atom. The van der Waals surface area contributed by atoms with E-state index in [0.29, 0.717) is 5.95 Å². The molecule has 0 saturated carbocycles. The Morgan fingerprint density at radius 1 is 0.920 bits per heavy atom. The van der Waals surface area contributed by atoms with E-state index in [1.807, 2.05) is 79.8 Å². The van der Waals surface area contributed by atoms with Crippen LogP contribution >= 0.6 is 0 Å². The van der Waals surface area contributed by atoms with Crippen molar-refractivity contribution in [2.75, 3.05) is 19.0 Å². The maximum Gasteiger partial charge on any atom is 0.253 e. The van der Waals surface area contributed by atoms with Gasteiger partial charge in [-0.05, 0) is 30.3 Å². The SMILES string of the molecule is CN(C)c1nc(-n2cccn2)nc2cc(Oc3ccccc3)ccc12. The van der Waals surface area contributed by atoms with Crippen LogP contribution in [0, 0.1) is 0 Å². The second-order valence-electron chi connectivity index (χ2n) is 5.79. The van der Waals surface area contributed by atoms with Crippen molar-refractivity contribution in [3.63, 3.8) is 0 Å². The third-order valence-corrected chi connectivity index (χ3v) is 3.75. The zero-order chi connectivity index (χ0) is 17.2. The average molecular weight is 331 g/mol. The van der Waals surface area contributed by atoms with E-state index in [4.69, 9.17) is 4.74 Å². The maximum atomic E-state index is 5.92. The van der Waals surface area contributed by atoms with Gasteiger partial charge in [0.1, 0.15) is 17.3 Å². The summed E-state index contributed by atoms with van der Waals surface area (Å²) in [5.41, 5.74) is 0.803. The standard InChI is InChI=1S/C19H17N5O/c1-23(2)18-16-10-9-15(25-14-7-4-3-5-8-14)13-17(16)21-19(22-18)24-12-6-11-20-24/h3-13H,1-2H3. The monoisotopic (exact) mass is 331 g/mol. The largest absolute Gasteiger partial charge is 0.457 e. The molecule has 0 fully saturated rings. The Kier molecular flexibility index (Phi) is 3.78. The molecule has 0 aliphatic heterocycles. The van der Waals surface area contributed by atoms with Gasteiger partial charge in [0.05, 0.1) is 5.52 Å². The molecule has 2 aromatic heterocycles. The molecule has 25 heavy (non-hydrogen) atoms. The van der Waals surface area contributed by atoms with E-state index >= 15 is 0 Å². The number of aromatic nitrogens is 4. The van der Waals surface area contributed by atoms with Gasteiger partial charge in [0.25, 0.3) is 5.95 Å². The lowest BCUT2D eigenvalue weighted by molar-refractivity contribution is 0.483. The van der Waals surface area contributed by atoms with Crippen molar-refractivity contribution >= 4 is 16.7 Å². The van der Waals surface area contributed by atoms with E-state index in [2.05, 4.69) is 15.1 Å². The molecule has 124 valence electrons. The molecule has 0 saturated heterocycles. The average Bonchev–Trinajstić information content (AvgIpc) is 3.16. The van der Waals surface area contributed by atoms with Crippen LogP contribution in [-0.4, -0.2) is 33.8 Å². The topological polar surface area (TPSA) is 56.1 Å². The Hall–Kier alpha value is -3.41. The van der Waals surface area contributed by atoms with Gasteiger partial charge < -0.3 is 9.64 Å². The van der Waals surface area contributed by atoms with Crippen molar-refractivity contribution < 1.29 is 4.74 Å². The molecule has 6 heteroatoms. The van der Waals surface area contributed by atoms with Crippen LogP contribution in [0.2, 0.25) is 0 Å². The second kappa shape index (κ2) is 6.24. The quantitative estimate of drug-likeness (QED) is 0.571. The molecule has 0 spiro atoms. The van der Waals surface area contributed by atoms with Crippen LogP contribution in [0.5, 0.6) is 11.5 Å². The molecule has 0 radical (unpaired) electrons. The second-order valence-corrected chi connectivity index (χ2v) is 5.79. The minimum Gasteiger partial charge on any atom is -0.457 e. The molecule has 0 unspecified atom stereocenters. The highest BCUT2D eigenvalue weighted by Gasteiger charge is 2.12. The molecule has 0 N–H and O–H groups in total. The van der Waals surface area contributed by atoms with Crippen molar-refractivity contribution in [2.24, 2.45) is 0 Å². The smallest absolute Gasteiger partial charge is 0.253 e. The number of fused-ring (bicyclic) bond motifs is 1. The fourth-order valence-corrected chi connectivity index (χ4v) is 2.60. The molecule has 0 aliphatic rings. The molecule has 2 heterocycles. The van der Waals surface area contributed by atoms with Crippen LogP contribution in [0.3, 0.4) is 0 Å². The Balaban J connectivity index is 1.82. The predicted molar refractivity (Wildman–Crippen MR) is 97.5 cm³/mol. The van der Waals surface area contributed by atoms with E-state index in [-0.39, 0.29) is 0 Å². The van der Waals surface area contributed by atoms with Crippen molar-refractivity contribution in [3.05, 3.63) is 67.0 Å². The van der Waals surface area contributed by atoms with Gasteiger partial charge >= 0.3 is 0 Å². The summed E-state index contributed by atoms with van der Waals surface area (Å²) in [4.78, 5) is 11.2. The molecule has 0 atom stereocenters.